The molecule has 8 heteroatoms. The quantitative estimate of drug-likeness (QED) is 0.748. The number of hydrogen-bond acceptors (Lipinski definition) is 3. The Hall–Kier alpha value is -2.09. The molecule has 0 radical (unpaired) electrons. The van der Waals surface area contributed by atoms with Crippen LogP contribution in [-0.4, -0.2) is 37.0 Å². The maximum Gasteiger partial charge on any atom is 0.418 e. The molecule has 158 valence electrons. The van der Waals surface area contributed by atoms with Gasteiger partial charge < -0.3 is 10.6 Å². The maximum atomic E-state index is 13.1. The average molecular weight is 428 g/mol. The van der Waals surface area contributed by atoms with Crippen LogP contribution in [0.3, 0.4) is 0 Å². The van der Waals surface area contributed by atoms with Crippen molar-refractivity contribution in [1.29, 1.82) is 0 Å². The first-order chi connectivity index (χ1) is 13.4. The fourth-order valence-electron chi connectivity index (χ4n) is 3.45. The first kappa shape index (κ1) is 23.2. The standard InChI is InChI=1S/C21H24F3N3O.ClH/c1-2-15-7-9-16(10-8-15)19-13-25-11-12-27(19)14-20(28)26-18-6-4-3-5-17(18)21(22,23)24;/h3-10,19,25H,2,11-14H2,1H3,(H,26,28);1H. The van der Waals surface area contributed by atoms with E-state index in [9.17, 15) is 18.0 Å². The Morgan fingerprint density at radius 2 is 1.86 bits per heavy atom. The first-order valence-electron chi connectivity index (χ1n) is 9.38. The van der Waals surface area contributed by atoms with Gasteiger partial charge in [-0.3, -0.25) is 9.69 Å². The average Bonchev–Trinajstić information content (AvgIpc) is 2.68. The van der Waals surface area contributed by atoms with E-state index in [-0.39, 0.29) is 30.7 Å². The van der Waals surface area contributed by atoms with E-state index >= 15 is 0 Å². The molecule has 0 saturated carbocycles. The molecule has 1 amide bonds. The fraction of sp³-hybridized carbons (Fsp3) is 0.381. The number of nitrogens with one attached hydrogen (secondary N) is 2. The molecule has 3 rings (SSSR count). The molecule has 1 fully saturated rings. The van der Waals surface area contributed by atoms with Crippen molar-refractivity contribution in [2.45, 2.75) is 25.6 Å². The van der Waals surface area contributed by atoms with Crippen molar-refractivity contribution in [2.75, 3.05) is 31.5 Å². The Kier molecular flexibility index (Phi) is 8.07. The van der Waals surface area contributed by atoms with Gasteiger partial charge in [-0.1, -0.05) is 43.3 Å². The first-order valence-corrected chi connectivity index (χ1v) is 9.38. The second-order valence-electron chi connectivity index (χ2n) is 6.88. The third kappa shape index (κ3) is 5.95. The van der Waals surface area contributed by atoms with E-state index in [1.807, 2.05) is 4.90 Å². The summed E-state index contributed by atoms with van der Waals surface area (Å²) in [6.07, 6.45) is -3.56. The summed E-state index contributed by atoms with van der Waals surface area (Å²) >= 11 is 0. The predicted molar refractivity (Wildman–Crippen MR) is 110 cm³/mol. The topological polar surface area (TPSA) is 44.4 Å². The van der Waals surface area contributed by atoms with E-state index < -0.39 is 17.6 Å². The number of halogens is 4. The number of aryl methyl sites for hydroxylation is 1. The van der Waals surface area contributed by atoms with Gasteiger partial charge in [0.2, 0.25) is 5.91 Å². The van der Waals surface area contributed by atoms with Crippen LogP contribution >= 0.6 is 12.4 Å². The molecule has 29 heavy (non-hydrogen) atoms. The molecule has 0 bridgehead atoms. The van der Waals surface area contributed by atoms with Gasteiger partial charge in [0.15, 0.2) is 0 Å². The van der Waals surface area contributed by atoms with Crippen LogP contribution in [-0.2, 0) is 17.4 Å². The fourth-order valence-corrected chi connectivity index (χ4v) is 3.45. The van der Waals surface area contributed by atoms with E-state index in [2.05, 4.69) is 41.8 Å². The third-order valence-electron chi connectivity index (χ3n) is 4.98. The van der Waals surface area contributed by atoms with Gasteiger partial charge in [-0.2, -0.15) is 13.2 Å². The van der Waals surface area contributed by atoms with Gasteiger partial charge in [0.05, 0.1) is 17.8 Å². The number of alkyl halides is 3. The molecular weight excluding hydrogens is 403 g/mol. The summed E-state index contributed by atoms with van der Waals surface area (Å²) < 4.78 is 39.4. The summed E-state index contributed by atoms with van der Waals surface area (Å²) in [7, 11) is 0. The van der Waals surface area contributed by atoms with Crippen molar-refractivity contribution < 1.29 is 18.0 Å². The number of piperazine rings is 1. The van der Waals surface area contributed by atoms with Crippen LogP contribution in [0.2, 0.25) is 0 Å². The maximum absolute atomic E-state index is 13.1. The Labute approximate surface area is 174 Å². The van der Waals surface area contributed by atoms with Crippen molar-refractivity contribution in [3.63, 3.8) is 0 Å². The molecule has 1 atom stereocenters. The highest BCUT2D eigenvalue weighted by Gasteiger charge is 2.34. The van der Waals surface area contributed by atoms with Crippen LogP contribution in [0.1, 0.15) is 29.7 Å². The smallest absolute Gasteiger partial charge is 0.324 e. The SMILES string of the molecule is CCc1ccc(C2CNCCN2CC(=O)Nc2ccccc2C(F)(F)F)cc1.Cl. The Morgan fingerprint density at radius 3 is 2.52 bits per heavy atom. The van der Waals surface area contributed by atoms with Gasteiger partial charge in [-0.25, -0.2) is 0 Å². The minimum Gasteiger partial charge on any atom is -0.324 e. The largest absolute Gasteiger partial charge is 0.418 e. The number of nitrogens with zero attached hydrogens (tertiary/aromatic N) is 1. The number of hydrogen-bond donors (Lipinski definition) is 2. The molecule has 0 aliphatic carbocycles. The second-order valence-corrected chi connectivity index (χ2v) is 6.88. The Bertz CT molecular complexity index is 812. The normalized spacial score (nSPS) is 17.4. The zero-order chi connectivity index (χ0) is 20.1. The lowest BCUT2D eigenvalue weighted by Crippen LogP contribution is -2.48. The summed E-state index contributed by atoms with van der Waals surface area (Å²) in [5.41, 5.74) is 1.28. The van der Waals surface area contributed by atoms with Crippen LogP contribution in [0.25, 0.3) is 0 Å². The van der Waals surface area contributed by atoms with E-state index in [1.165, 1.54) is 23.8 Å². The summed E-state index contributed by atoms with van der Waals surface area (Å²) in [5, 5.41) is 5.76. The van der Waals surface area contributed by atoms with Crippen molar-refractivity contribution >= 4 is 24.0 Å². The second kappa shape index (κ2) is 10.1. The van der Waals surface area contributed by atoms with Gasteiger partial charge in [0.25, 0.3) is 0 Å². The molecule has 0 aromatic heterocycles. The lowest BCUT2D eigenvalue weighted by molar-refractivity contribution is -0.137. The molecule has 1 aliphatic heterocycles. The van der Waals surface area contributed by atoms with Gasteiger partial charge in [-0.05, 0) is 29.7 Å². The Balaban J connectivity index is 0.00000300. The highest BCUT2D eigenvalue weighted by atomic mass is 35.5. The van der Waals surface area contributed by atoms with E-state index in [0.717, 1.165) is 24.6 Å². The van der Waals surface area contributed by atoms with Gasteiger partial charge in [0.1, 0.15) is 0 Å². The molecule has 0 spiro atoms. The Morgan fingerprint density at radius 1 is 1.17 bits per heavy atom. The summed E-state index contributed by atoms with van der Waals surface area (Å²) in [6, 6.07) is 13.3. The summed E-state index contributed by atoms with van der Waals surface area (Å²) in [5.74, 6) is -0.450. The van der Waals surface area contributed by atoms with Crippen LogP contribution in [0.4, 0.5) is 18.9 Å². The molecule has 1 unspecified atom stereocenters. The van der Waals surface area contributed by atoms with Crippen LogP contribution in [0, 0.1) is 0 Å². The number of rotatable bonds is 5. The molecule has 4 nitrogen and oxygen atoms in total. The van der Waals surface area contributed by atoms with E-state index in [0.29, 0.717) is 13.1 Å². The molecule has 1 heterocycles. The molecular formula is C21H25ClF3N3O. The van der Waals surface area contributed by atoms with Crippen molar-refractivity contribution in [3.05, 3.63) is 65.2 Å². The van der Waals surface area contributed by atoms with E-state index in [1.54, 1.807) is 0 Å². The molecule has 2 aromatic carbocycles. The van der Waals surface area contributed by atoms with Crippen molar-refractivity contribution in [3.8, 4) is 0 Å². The van der Waals surface area contributed by atoms with Crippen LogP contribution < -0.4 is 10.6 Å². The number of anilines is 1. The van der Waals surface area contributed by atoms with E-state index in [4.69, 9.17) is 0 Å². The lowest BCUT2D eigenvalue weighted by atomic mass is 10.0. The van der Waals surface area contributed by atoms with Crippen LogP contribution in [0.15, 0.2) is 48.5 Å². The van der Waals surface area contributed by atoms with Gasteiger partial charge in [0, 0.05) is 25.7 Å². The number of benzene rings is 2. The number of amides is 1. The minimum absolute atomic E-state index is 0. The predicted octanol–water partition coefficient (Wildman–Crippen LogP) is 4.27. The molecule has 2 N–H and O–H groups in total. The number of carbonyl (C=O) groups is 1. The molecule has 1 aliphatic rings. The van der Waals surface area contributed by atoms with Gasteiger partial charge >= 0.3 is 6.18 Å². The number of carbonyl (C=O) groups excluding carboxylic acids is 1. The van der Waals surface area contributed by atoms with Crippen LogP contribution in [0.5, 0.6) is 0 Å². The summed E-state index contributed by atoms with van der Waals surface area (Å²) in [4.78, 5) is 14.5. The lowest BCUT2D eigenvalue weighted by Gasteiger charge is -2.36. The monoisotopic (exact) mass is 427 g/mol. The molecule has 1 saturated heterocycles. The minimum atomic E-state index is -4.51. The van der Waals surface area contributed by atoms with Crippen molar-refractivity contribution in [2.24, 2.45) is 0 Å². The van der Waals surface area contributed by atoms with Crippen molar-refractivity contribution in [1.82, 2.24) is 10.2 Å². The van der Waals surface area contributed by atoms with Gasteiger partial charge in [-0.15, -0.1) is 12.4 Å². The zero-order valence-electron chi connectivity index (χ0n) is 16.1. The number of para-hydroxylation sites is 1. The summed E-state index contributed by atoms with van der Waals surface area (Å²) in [6.45, 7) is 4.20. The third-order valence-corrected chi connectivity index (χ3v) is 4.98. The highest BCUT2D eigenvalue weighted by Crippen LogP contribution is 2.34. The highest BCUT2D eigenvalue weighted by molar-refractivity contribution is 5.93. The zero-order valence-corrected chi connectivity index (χ0v) is 16.9. The molecule has 2 aromatic rings.